The Hall–Kier alpha value is -1.55. The lowest BCUT2D eigenvalue weighted by molar-refractivity contribution is -0.132. The van der Waals surface area contributed by atoms with Crippen molar-refractivity contribution in [2.75, 3.05) is 33.3 Å². The van der Waals surface area contributed by atoms with Crippen LogP contribution < -0.4 is 10.1 Å². The van der Waals surface area contributed by atoms with Crippen LogP contribution in [0.25, 0.3) is 0 Å². The number of carbonyl (C=O) groups excluding carboxylic acids is 1. The fourth-order valence-electron chi connectivity index (χ4n) is 2.13. The Kier molecular flexibility index (Phi) is 4.59. The molecule has 0 aromatic heterocycles. The van der Waals surface area contributed by atoms with Crippen molar-refractivity contribution < 1.29 is 9.53 Å². The highest BCUT2D eigenvalue weighted by molar-refractivity contribution is 5.77. The van der Waals surface area contributed by atoms with Crippen molar-refractivity contribution in [3.8, 4) is 5.75 Å². The Morgan fingerprint density at radius 3 is 2.89 bits per heavy atom. The first-order valence-electron chi connectivity index (χ1n) is 6.38. The highest BCUT2D eigenvalue weighted by Gasteiger charge is 2.19. The van der Waals surface area contributed by atoms with Gasteiger partial charge in [0, 0.05) is 13.6 Å². The summed E-state index contributed by atoms with van der Waals surface area (Å²) >= 11 is 0. The van der Waals surface area contributed by atoms with Crippen LogP contribution in [0.4, 0.5) is 0 Å². The summed E-state index contributed by atoms with van der Waals surface area (Å²) in [5.41, 5.74) is 0. The number of ether oxygens (including phenoxy) is 1. The Morgan fingerprint density at radius 1 is 1.44 bits per heavy atom. The first-order chi connectivity index (χ1) is 8.75. The topological polar surface area (TPSA) is 41.6 Å². The molecule has 0 saturated carbocycles. The second kappa shape index (κ2) is 6.40. The van der Waals surface area contributed by atoms with Crippen molar-refractivity contribution in [1.29, 1.82) is 0 Å². The SMILES string of the molecule is CN(CC1CCNC1)C(=O)COc1ccccc1. The molecule has 4 heteroatoms. The van der Waals surface area contributed by atoms with Crippen LogP contribution in [0.2, 0.25) is 0 Å². The van der Waals surface area contributed by atoms with Gasteiger partial charge in [-0.05, 0) is 37.6 Å². The molecule has 1 aromatic rings. The van der Waals surface area contributed by atoms with Gasteiger partial charge in [0.2, 0.25) is 0 Å². The lowest BCUT2D eigenvalue weighted by atomic mass is 10.1. The molecule has 1 N–H and O–H groups in total. The summed E-state index contributed by atoms with van der Waals surface area (Å²) in [4.78, 5) is 13.6. The molecule has 1 aromatic carbocycles. The number of rotatable bonds is 5. The molecule has 4 nitrogen and oxygen atoms in total. The van der Waals surface area contributed by atoms with Crippen LogP contribution in [0, 0.1) is 5.92 Å². The van der Waals surface area contributed by atoms with E-state index in [9.17, 15) is 4.79 Å². The van der Waals surface area contributed by atoms with Gasteiger partial charge in [-0.3, -0.25) is 4.79 Å². The minimum absolute atomic E-state index is 0.0331. The molecule has 1 atom stereocenters. The van der Waals surface area contributed by atoms with Gasteiger partial charge in [-0.2, -0.15) is 0 Å². The lowest BCUT2D eigenvalue weighted by Gasteiger charge is -2.20. The molecule has 1 saturated heterocycles. The van der Waals surface area contributed by atoms with Crippen molar-refractivity contribution >= 4 is 5.91 Å². The average molecular weight is 248 g/mol. The summed E-state index contributed by atoms with van der Waals surface area (Å²) in [7, 11) is 1.84. The minimum Gasteiger partial charge on any atom is -0.484 e. The van der Waals surface area contributed by atoms with E-state index in [0.29, 0.717) is 5.92 Å². The fraction of sp³-hybridized carbons (Fsp3) is 0.500. The summed E-state index contributed by atoms with van der Waals surface area (Å²) in [5.74, 6) is 1.35. The van der Waals surface area contributed by atoms with Gasteiger partial charge in [0.25, 0.3) is 5.91 Å². The van der Waals surface area contributed by atoms with Crippen LogP contribution >= 0.6 is 0 Å². The van der Waals surface area contributed by atoms with E-state index in [0.717, 1.165) is 31.8 Å². The van der Waals surface area contributed by atoms with Gasteiger partial charge in [0.15, 0.2) is 6.61 Å². The molecule has 98 valence electrons. The third-order valence-corrected chi connectivity index (χ3v) is 3.23. The molecular formula is C14H20N2O2. The van der Waals surface area contributed by atoms with Gasteiger partial charge in [0.1, 0.15) is 5.75 Å². The molecule has 18 heavy (non-hydrogen) atoms. The third-order valence-electron chi connectivity index (χ3n) is 3.23. The molecule has 0 bridgehead atoms. The van der Waals surface area contributed by atoms with Crippen molar-refractivity contribution in [2.45, 2.75) is 6.42 Å². The molecule has 0 spiro atoms. The second-order valence-corrected chi connectivity index (χ2v) is 4.73. The van der Waals surface area contributed by atoms with Gasteiger partial charge >= 0.3 is 0 Å². The number of nitrogens with one attached hydrogen (secondary N) is 1. The van der Waals surface area contributed by atoms with Gasteiger partial charge in [-0.1, -0.05) is 18.2 Å². The number of hydrogen-bond donors (Lipinski definition) is 1. The number of amides is 1. The monoisotopic (exact) mass is 248 g/mol. The Morgan fingerprint density at radius 2 is 2.22 bits per heavy atom. The predicted octanol–water partition coefficient (Wildman–Crippen LogP) is 1.13. The van der Waals surface area contributed by atoms with E-state index in [1.54, 1.807) is 4.90 Å². The van der Waals surface area contributed by atoms with Gasteiger partial charge in [-0.15, -0.1) is 0 Å². The van der Waals surface area contributed by atoms with Crippen molar-refractivity contribution in [3.05, 3.63) is 30.3 Å². The highest BCUT2D eigenvalue weighted by Crippen LogP contribution is 2.10. The average Bonchev–Trinajstić information content (AvgIpc) is 2.90. The maximum Gasteiger partial charge on any atom is 0.260 e. The molecule has 1 aliphatic rings. The zero-order valence-electron chi connectivity index (χ0n) is 10.8. The second-order valence-electron chi connectivity index (χ2n) is 4.73. The van der Waals surface area contributed by atoms with Crippen LogP contribution in [0.1, 0.15) is 6.42 Å². The zero-order valence-corrected chi connectivity index (χ0v) is 10.8. The van der Waals surface area contributed by atoms with Crippen LogP contribution in [-0.4, -0.2) is 44.1 Å². The normalized spacial score (nSPS) is 18.6. The lowest BCUT2D eigenvalue weighted by Crippen LogP contribution is -2.35. The number of likely N-dealkylation sites (N-methyl/N-ethyl adjacent to an activating group) is 1. The van der Waals surface area contributed by atoms with Crippen LogP contribution in [0.5, 0.6) is 5.75 Å². The zero-order chi connectivity index (χ0) is 12.8. The summed E-state index contributed by atoms with van der Waals surface area (Å²) < 4.78 is 5.45. The summed E-state index contributed by atoms with van der Waals surface area (Å²) in [5, 5.41) is 3.31. The van der Waals surface area contributed by atoms with Gasteiger partial charge in [-0.25, -0.2) is 0 Å². The quantitative estimate of drug-likeness (QED) is 0.849. The predicted molar refractivity (Wildman–Crippen MR) is 70.6 cm³/mol. The minimum atomic E-state index is 0.0331. The molecule has 0 aliphatic carbocycles. The molecule has 0 radical (unpaired) electrons. The van der Waals surface area contributed by atoms with E-state index in [1.165, 1.54) is 0 Å². The summed E-state index contributed by atoms with van der Waals surface area (Å²) in [6.45, 7) is 3.00. The van der Waals surface area contributed by atoms with E-state index in [-0.39, 0.29) is 12.5 Å². The first kappa shape index (κ1) is 12.9. The first-order valence-corrected chi connectivity index (χ1v) is 6.38. The Balaban J connectivity index is 1.73. The summed E-state index contributed by atoms with van der Waals surface area (Å²) in [6, 6.07) is 9.43. The number of para-hydroxylation sites is 1. The number of benzene rings is 1. The molecule has 1 heterocycles. The molecule has 1 amide bonds. The van der Waals surface area contributed by atoms with E-state index >= 15 is 0 Å². The third kappa shape index (κ3) is 3.74. The molecule has 1 fully saturated rings. The molecule has 2 rings (SSSR count). The Bertz CT molecular complexity index is 375. The molecule has 1 unspecified atom stereocenters. The van der Waals surface area contributed by atoms with Gasteiger partial charge < -0.3 is 15.0 Å². The summed E-state index contributed by atoms with van der Waals surface area (Å²) in [6.07, 6.45) is 1.15. The molecule has 1 aliphatic heterocycles. The highest BCUT2D eigenvalue weighted by atomic mass is 16.5. The van der Waals surface area contributed by atoms with E-state index in [2.05, 4.69) is 5.32 Å². The van der Waals surface area contributed by atoms with E-state index < -0.39 is 0 Å². The maximum atomic E-state index is 11.9. The van der Waals surface area contributed by atoms with E-state index in [1.807, 2.05) is 37.4 Å². The van der Waals surface area contributed by atoms with Crippen molar-refractivity contribution in [2.24, 2.45) is 5.92 Å². The number of hydrogen-bond acceptors (Lipinski definition) is 3. The van der Waals surface area contributed by atoms with Crippen LogP contribution in [0.15, 0.2) is 30.3 Å². The largest absolute Gasteiger partial charge is 0.484 e. The van der Waals surface area contributed by atoms with Crippen LogP contribution in [-0.2, 0) is 4.79 Å². The van der Waals surface area contributed by atoms with Crippen molar-refractivity contribution in [1.82, 2.24) is 10.2 Å². The standard InChI is InChI=1S/C14H20N2O2/c1-16(10-12-7-8-15-9-12)14(17)11-18-13-5-3-2-4-6-13/h2-6,12,15H,7-11H2,1H3. The molecular weight excluding hydrogens is 228 g/mol. The fourth-order valence-corrected chi connectivity index (χ4v) is 2.13. The van der Waals surface area contributed by atoms with Crippen LogP contribution in [0.3, 0.4) is 0 Å². The smallest absolute Gasteiger partial charge is 0.260 e. The van der Waals surface area contributed by atoms with Gasteiger partial charge in [0.05, 0.1) is 0 Å². The van der Waals surface area contributed by atoms with Crippen molar-refractivity contribution in [3.63, 3.8) is 0 Å². The van der Waals surface area contributed by atoms with E-state index in [4.69, 9.17) is 4.74 Å². The number of carbonyl (C=O) groups is 1. The number of nitrogens with zero attached hydrogens (tertiary/aromatic N) is 1. The maximum absolute atomic E-state index is 11.9. The Labute approximate surface area is 108 Å².